The van der Waals surface area contributed by atoms with E-state index in [4.69, 9.17) is 9.26 Å². The summed E-state index contributed by atoms with van der Waals surface area (Å²) >= 11 is 0. The monoisotopic (exact) mass is 406 g/mol. The highest BCUT2D eigenvalue weighted by Gasteiger charge is 2.30. The zero-order chi connectivity index (χ0) is 20.9. The van der Waals surface area contributed by atoms with Crippen LogP contribution in [-0.2, 0) is 22.3 Å². The Hall–Kier alpha value is -3.40. The zero-order valence-electron chi connectivity index (χ0n) is 15.3. The summed E-state index contributed by atoms with van der Waals surface area (Å²) in [5.74, 6) is 0.174. The summed E-state index contributed by atoms with van der Waals surface area (Å²) in [6.07, 6.45) is -4.40. The van der Waals surface area contributed by atoms with Crippen molar-refractivity contribution < 1.29 is 27.2 Å². The number of benzene rings is 2. The van der Waals surface area contributed by atoms with Crippen molar-refractivity contribution in [2.45, 2.75) is 12.7 Å². The van der Waals surface area contributed by atoms with Crippen LogP contribution < -0.4 is 10.6 Å². The Morgan fingerprint density at radius 2 is 1.86 bits per heavy atom. The minimum absolute atomic E-state index is 0.0492. The third-order valence-corrected chi connectivity index (χ3v) is 3.80. The van der Waals surface area contributed by atoms with Crippen LogP contribution >= 0.6 is 0 Å². The molecule has 2 N–H and O–H groups in total. The molecular formula is C19H17F3N4O3. The Morgan fingerprint density at radius 3 is 2.55 bits per heavy atom. The maximum Gasteiger partial charge on any atom is 0.416 e. The second-order valence-electron chi connectivity index (χ2n) is 6.00. The first-order valence-electron chi connectivity index (χ1n) is 8.48. The fourth-order valence-electron chi connectivity index (χ4n) is 2.46. The molecule has 3 rings (SSSR count). The summed E-state index contributed by atoms with van der Waals surface area (Å²) in [6.45, 7) is 0.148. The Labute approximate surface area is 163 Å². The van der Waals surface area contributed by atoms with Crippen LogP contribution in [0.3, 0.4) is 0 Å². The molecule has 0 atom stereocenters. The van der Waals surface area contributed by atoms with E-state index in [2.05, 4.69) is 20.8 Å². The van der Waals surface area contributed by atoms with E-state index in [1.165, 1.54) is 19.2 Å². The number of anilines is 2. The Kier molecular flexibility index (Phi) is 6.13. The van der Waals surface area contributed by atoms with Crippen LogP contribution in [0.4, 0.5) is 24.5 Å². The number of ether oxygens (including phenoxy) is 1. The normalized spacial score (nSPS) is 11.3. The van der Waals surface area contributed by atoms with Gasteiger partial charge < -0.3 is 19.9 Å². The van der Waals surface area contributed by atoms with Crippen molar-refractivity contribution in [1.29, 1.82) is 0 Å². The van der Waals surface area contributed by atoms with Gasteiger partial charge in [0.1, 0.15) is 6.61 Å². The van der Waals surface area contributed by atoms with Crippen molar-refractivity contribution in [2.24, 2.45) is 0 Å². The molecule has 29 heavy (non-hydrogen) atoms. The van der Waals surface area contributed by atoms with E-state index in [0.29, 0.717) is 16.9 Å². The van der Waals surface area contributed by atoms with E-state index in [1.54, 1.807) is 24.3 Å². The highest BCUT2D eigenvalue weighted by atomic mass is 19.4. The van der Waals surface area contributed by atoms with Gasteiger partial charge in [-0.3, -0.25) is 4.79 Å². The zero-order valence-corrected chi connectivity index (χ0v) is 15.3. The lowest BCUT2D eigenvalue weighted by Gasteiger charge is -2.08. The Bertz CT molecular complexity index is 971. The number of carbonyl (C=O) groups excluding carboxylic acids is 1. The number of amides is 1. The minimum Gasteiger partial charge on any atom is -0.376 e. The second kappa shape index (κ2) is 8.74. The van der Waals surface area contributed by atoms with E-state index in [1.807, 2.05) is 0 Å². The van der Waals surface area contributed by atoms with Gasteiger partial charge in [0.2, 0.25) is 17.6 Å². The molecule has 0 spiro atoms. The molecule has 0 radical (unpaired) electrons. The number of nitrogens with zero attached hydrogens (tertiary/aromatic N) is 2. The third-order valence-electron chi connectivity index (χ3n) is 3.80. The summed E-state index contributed by atoms with van der Waals surface area (Å²) in [7, 11) is 1.43. The third kappa shape index (κ3) is 5.55. The number of nitrogens with one attached hydrogen (secondary N) is 2. The van der Waals surface area contributed by atoms with Crippen LogP contribution in [0.25, 0.3) is 11.4 Å². The van der Waals surface area contributed by atoms with Gasteiger partial charge in [-0.05, 0) is 30.3 Å². The van der Waals surface area contributed by atoms with Crippen molar-refractivity contribution in [3.8, 4) is 11.4 Å². The molecule has 1 aromatic heterocycles. The van der Waals surface area contributed by atoms with Gasteiger partial charge in [0.05, 0.1) is 12.1 Å². The van der Waals surface area contributed by atoms with Crippen LogP contribution in [0.5, 0.6) is 0 Å². The Balaban J connectivity index is 1.62. The molecule has 7 nitrogen and oxygen atoms in total. The molecule has 152 valence electrons. The maximum absolute atomic E-state index is 12.6. The molecule has 0 unspecified atom stereocenters. The van der Waals surface area contributed by atoms with E-state index < -0.39 is 11.7 Å². The summed E-state index contributed by atoms with van der Waals surface area (Å²) in [5, 5.41) is 9.55. The highest BCUT2D eigenvalue weighted by molar-refractivity contribution is 5.92. The molecule has 0 aliphatic rings. The van der Waals surface area contributed by atoms with Crippen LogP contribution in [0.2, 0.25) is 0 Å². The smallest absolute Gasteiger partial charge is 0.376 e. The van der Waals surface area contributed by atoms with Gasteiger partial charge >= 0.3 is 6.18 Å². The van der Waals surface area contributed by atoms with Crippen LogP contribution in [0.15, 0.2) is 53.1 Å². The van der Waals surface area contributed by atoms with Gasteiger partial charge in [-0.1, -0.05) is 23.4 Å². The average molecular weight is 406 g/mol. The van der Waals surface area contributed by atoms with Gasteiger partial charge in [-0.2, -0.15) is 18.2 Å². The summed E-state index contributed by atoms with van der Waals surface area (Å²) < 4.78 is 47.8. The van der Waals surface area contributed by atoms with Gasteiger partial charge in [-0.25, -0.2) is 0 Å². The topological polar surface area (TPSA) is 89.3 Å². The molecule has 1 heterocycles. The lowest BCUT2D eigenvalue weighted by Crippen LogP contribution is -2.17. The average Bonchev–Trinajstić information content (AvgIpc) is 3.15. The molecule has 1 amide bonds. The van der Waals surface area contributed by atoms with Crippen molar-refractivity contribution in [3.63, 3.8) is 0 Å². The van der Waals surface area contributed by atoms with Gasteiger partial charge in [-0.15, -0.1) is 0 Å². The molecule has 0 aliphatic carbocycles. The molecule has 10 heteroatoms. The van der Waals surface area contributed by atoms with Gasteiger partial charge in [0.25, 0.3) is 0 Å². The first kappa shape index (κ1) is 20.3. The summed E-state index contributed by atoms with van der Waals surface area (Å²) in [5.41, 5.74) is 0.961. The largest absolute Gasteiger partial charge is 0.416 e. The van der Waals surface area contributed by atoms with Crippen molar-refractivity contribution in [2.75, 3.05) is 24.4 Å². The fourth-order valence-corrected chi connectivity index (χ4v) is 2.46. The molecular weight excluding hydrogens is 389 g/mol. The quantitative estimate of drug-likeness (QED) is 0.618. The van der Waals surface area contributed by atoms with Gasteiger partial charge in [0.15, 0.2) is 0 Å². The first-order chi connectivity index (χ1) is 13.8. The maximum atomic E-state index is 12.6. The summed E-state index contributed by atoms with van der Waals surface area (Å²) in [6, 6.07) is 11.5. The Morgan fingerprint density at radius 1 is 1.14 bits per heavy atom. The number of aromatic nitrogens is 2. The summed E-state index contributed by atoms with van der Waals surface area (Å²) in [4.78, 5) is 15.7. The molecule has 2 aromatic carbocycles. The standard InChI is InChI=1S/C19H17F3N4O3/c1-28-11-16(27)24-15-4-2-3-14(9-15)23-10-17-25-18(26-29-17)12-5-7-13(8-6-12)19(20,21)22/h2-9,23H,10-11H2,1H3,(H,24,27). The lowest BCUT2D eigenvalue weighted by molar-refractivity contribution is -0.137. The number of halogens is 3. The molecule has 0 aliphatic heterocycles. The van der Waals surface area contributed by atoms with E-state index >= 15 is 0 Å². The number of methoxy groups -OCH3 is 1. The highest BCUT2D eigenvalue weighted by Crippen LogP contribution is 2.30. The minimum atomic E-state index is -4.40. The van der Waals surface area contributed by atoms with Crippen molar-refractivity contribution in [1.82, 2.24) is 10.1 Å². The number of hydrogen-bond acceptors (Lipinski definition) is 6. The van der Waals surface area contributed by atoms with Crippen molar-refractivity contribution in [3.05, 3.63) is 60.0 Å². The van der Waals surface area contributed by atoms with E-state index in [9.17, 15) is 18.0 Å². The van der Waals surface area contributed by atoms with Gasteiger partial charge in [0, 0.05) is 24.0 Å². The van der Waals surface area contributed by atoms with Crippen LogP contribution in [-0.4, -0.2) is 29.8 Å². The predicted octanol–water partition coefficient (Wildman–Crippen LogP) is 3.95. The predicted molar refractivity (Wildman–Crippen MR) is 99.0 cm³/mol. The molecule has 0 saturated heterocycles. The fraction of sp³-hybridized carbons (Fsp3) is 0.211. The molecule has 0 fully saturated rings. The molecule has 0 bridgehead atoms. The molecule has 3 aromatic rings. The van der Waals surface area contributed by atoms with Crippen molar-refractivity contribution >= 4 is 17.3 Å². The SMILES string of the molecule is COCC(=O)Nc1cccc(NCc2nc(-c3ccc(C(F)(F)F)cc3)no2)c1. The van der Waals surface area contributed by atoms with Crippen LogP contribution in [0, 0.1) is 0 Å². The lowest BCUT2D eigenvalue weighted by atomic mass is 10.1. The van der Waals surface area contributed by atoms with Crippen LogP contribution in [0.1, 0.15) is 11.5 Å². The van der Waals surface area contributed by atoms with E-state index in [-0.39, 0.29) is 30.8 Å². The number of carbonyl (C=O) groups is 1. The number of rotatable bonds is 7. The first-order valence-corrected chi connectivity index (χ1v) is 8.48. The molecule has 0 saturated carbocycles. The number of hydrogen-bond donors (Lipinski definition) is 2. The number of alkyl halides is 3. The van der Waals surface area contributed by atoms with E-state index in [0.717, 1.165) is 12.1 Å². The second-order valence-corrected chi connectivity index (χ2v) is 6.00.